The van der Waals surface area contributed by atoms with Gasteiger partial charge in [0.15, 0.2) is 0 Å². The van der Waals surface area contributed by atoms with Gasteiger partial charge in [0.1, 0.15) is 0 Å². The van der Waals surface area contributed by atoms with Crippen molar-refractivity contribution in [2.24, 2.45) is 0 Å². The molecule has 0 radical (unpaired) electrons. The van der Waals surface area contributed by atoms with Crippen LogP contribution in [0.1, 0.15) is 17.5 Å². The van der Waals surface area contributed by atoms with E-state index in [-0.39, 0.29) is 11.6 Å². The summed E-state index contributed by atoms with van der Waals surface area (Å²) in [5.74, 6) is 0. The van der Waals surface area contributed by atoms with Crippen molar-refractivity contribution in [3.8, 4) is 0 Å². The molecule has 1 atom stereocenters. The van der Waals surface area contributed by atoms with E-state index in [0.29, 0.717) is 5.69 Å². The molecular formula is C12H15F3N2. The van der Waals surface area contributed by atoms with Gasteiger partial charge in [0, 0.05) is 18.3 Å². The number of alkyl halides is 3. The smallest absolute Gasteiger partial charge is 0.381 e. The van der Waals surface area contributed by atoms with Gasteiger partial charge in [0.05, 0.1) is 5.56 Å². The van der Waals surface area contributed by atoms with Gasteiger partial charge < -0.3 is 10.6 Å². The molecule has 0 saturated carbocycles. The first kappa shape index (κ1) is 12.2. The van der Waals surface area contributed by atoms with Gasteiger partial charge in [-0.3, -0.25) is 0 Å². The molecule has 1 aliphatic heterocycles. The van der Waals surface area contributed by atoms with E-state index in [1.54, 1.807) is 6.07 Å². The highest BCUT2D eigenvalue weighted by Crippen LogP contribution is 2.33. The molecule has 2 nitrogen and oxygen atoms in total. The summed E-state index contributed by atoms with van der Waals surface area (Å²) >= 11 is 0. The molecule has 2 rings (SSSR count). The molecule has 1 unspecified atom stereocenters. The molecule has 17 heavy (non-hydrogen) atoms. The van der Waals surface area contributed by atoms with Crippen LogP contribution in [0.3, 0.4) is 0 Å². The molecule has 0 spiro atoms. The molecule has 2 N–H and O–H groups in total. The second-order valence-corrected chi connectivity index (χ2v) is 4.36. The Kier molecular flexibility index (Phi) is 3.28. The molecule has 1 saturated heterocycles. The highest BCUT2D eigenvalue weighted by Gasteiger charge is 2.32. The van der Waals surface area contributed by atoms with Gasteiger partial charge in [0.25, 0.3) is 0 Å². The average Bonchev–Trinajstić information content (AvgIpc) is 2.72. The van der Waals surface area contributed by atoms with E-state index in [9.17, 15) is 13.2 Å². The van der Waals surface area contributed by atoms with Crippen molar-refractivity contribution < 1.29 is 13.2 Å². The van der Waals surface area contributed by atoms with Crippen LogP contribution in [-0.2, 0) is 6.18 Å². The first-order valence-corrected chi connectivity index (χ1v) is 5.62. The molecule has 94 valence electrons. The van der Waals surface area contributed by atoms with Gasteiger partial charge in [-0.1, -0.05) is 6.07 Å². The van der Waals surface area contributed by atoms with Crippen molar-refractivity contribution in [1.29, 1.82) is 0 Å². The predicted molar refractivity (Wildman–Crippen MR) is 61.1 cm³/mol. The van der Waals surface area contributed by atoms with Crippen molar-refractivity contribution in [3.63, 3.8) is 0 Å². The molecule has 1 aliphatic rings. The summed E-state index contributed by atoms with van der Waals surface area (Å²) in [5, 5.41) is 6.28. The lowest BCUT2D eigenvalue weighted by atomic mass is 10.1. The molecule has 5 heteroatoms. The SMILES string of the molecule is Cc1ccc(NC2CCNC2)cc1C(F)(F)F. The third kappa shape index (κ3) is 2.91. The second kappa shape index (κ2) is 4.56. The van der Waals surface area contributed by atoms with E-state index in [1.165, 1.54) is 19.1 Å². The average molecular weight is 244 g/mol. The Morgan fingerprint density at radius 1 is 1.35 bits per heavy atom. The van der Waals surface area contributed by atoms with E-state index in [0.717, 1.165) is 19.5 Å². The van der Waals surface area contributed by atoms with Crippen LogP contribution in [0.5, 0.6) is 0 Å². The van der Waals surface area contributed by atoms with Crippen molar-refractivity contribution in [2.45, 2.75) is 25.6 Å². The number of anilines is 1. The van der Waals surface area contributed by atoms with E-state index >= 15 is 0 Å². The maximum Gasteiger partial charge on any atom is 0.416 e. The number of nitrogens with one attached hydrogen (secondary N) is 2. The maximum absolute atomic E-state index is 12.7. The Balaban J connectivity index is 2.18. The number of rotatable bonds is 2. The lowest BCUT2D eigenvalue weighted by Gasteiger charge is -2.16. The number of hydrogen-bond acceptors (Lipinski definition) is 2. The summed E-state index contributed by atoms with van der Waals surface area (Å²) in [7, 11) is 0. The van der Waals surface area contributed by atoms with E-state index in [1.807, 2.05) is 0 Å². The van der Waals surface area contributed by atoms with E-state index in [4.69, 9.17) is 0 Å². The first-order chi connectivity index (χ1) is 7.97. The van der Waals surface area contributed by atoms with Gasteiger partial charge in [-0.2, -0.15) is 13.2 Å². The summed E-state index contributed by atoms with van der Waals surface area (Å²) < 4.78 is 38.1. The minimum Gasteiger partial charge on any atom is -0.381 e. The van der Waals surface area contributed by atoms with Crippen LogP contribution in [0, 0.1) is 6.92 Å². The summed E-state index contributed by atoms with van der Waals surface area (Å²) in [6.45, 7) is 3.19. The minimum absolute atomic E-state index is 0.221. The molecule has 1 heterocycles. The lowest BCUT2D eigenvalue weighted by Crippen LogP contribution is -2.22. The highest BCUT2D eigenvalue weighted by molar-refractivity contribution is 5.50. The number of hydrogen-bond donors (Lipinski definition) is 2. The maximum atomic E-state index is 12.7. The molecule has 1 aromatic carbocycles. The molecule has 1 fully saturated rings. The van der Waals surface area contributed by atoms with Gasteiger partial charge >= 0.3 is 6.18 Å². The van der Waals surface area contributed by atoms with Crippen molar-refractivity contribution in [3.05, 3.63) is 29.3 Å². The zero-order chi connectivity index (χ0) is 12.5. The number of halogens is 3. The van der Waals surface area contributed by atoms with Crippen LogP contribution in [0.25, 0.3) is 0 Å². The monoisotopic (exact) mass is 244 g/mol. The predicted octanol–water partition coefficient (Wildman–Crippen LogP) is 2.79. The Hall–Kier alpha value is -1.23. The number of aryl methyl sites for hydroxylation is 1. The van der Waals surface area contributed by atoms with Gasteiger partial charge in [0.2, 0.25) is 0 Å². The van der Waals surface area contributed by atoms with Crippen molar-refractivity contribution in [2.75, 3.05) is 18.4 Å². The summed E-state index contributed by atoms with van der Waals surface area (Å²) in [6.07, 6.45) is -3.34. The van der Waals surface area contributed by atoms with Crippen LogP contribution in [0.2, 0.25) is 0 Å². The topological polar surface area (TPSA) is 24.1 Å². The van der Waals surface area contributed by atoms with Crippen LogP contribution in [0.4, 0.5) is 18.9 Å². The standard InChI is InChI=1S/C12H15F3N2/c1-8-2-3-9(6-11(8)12(13,14)15)17-10-4-5-16-7-10/h2-3,6,10,16-17H,4-5,7H2,1H3. The summed E-state index contributed by atoms with van der Waals surface area (Å²) in [4.78, 5) is 0. The zero-order valence-electron chi connectivity index (χ0n) is 9.56. The van der Waals surface area contributed by atoms with E-state index < -0.39 is 11.7 Å². The largest absolute Gasteiger partial charge is 0.416 e. The third-order valence-electron chi connectivity index (χ3n) is 2.97. The lowest BCUT2D eigenvalue weighted by molar-refractivity contribution is -0.138. The molecular weight excluding hydrogens is 229 g/mol. The quantitative estimate of drug-likeness (QED) is 0.836. The Morgan fingerprint density at radius 2 is 2.12 bits per heavy atom. The van der Waals surface area contributed by atoms with Crippen molar-refractivity contribution >= 4 is 5.69 Å². The van der Waals surface area contributed by atoms with Gasteiger partial charge in [-0.15, -0.1) is 0 Å². The molecule has 0 bridgehead atoms. The van der Waals surface area contributed by atoms with Crippen LogP contribution in [0.15, 0.2) is 18.2 Å². The third-order valence-corrected chi connectivity index (χ3v) is 2.97. The second-order valence-electron chi connectivity index (χ2n) is 4.36. The Labute approximate surface area is 98.2 Å². The molecule has 1 aromatic rings. The Bertz CT molecular complexity index is 395. The van der Waals surface area contributed by atoms with E-state index in [2.05, 4.69) is 10.6 Å². The number of benzene rings is 1. The fraction of sp³-hybridized carbons (Fsp3) is 0.500. The fourth-order valence-electron chi connectivity index (χ4n) is 2.03. The van der Waals surface area contributed by atoms with Crippen molar-refractivity contribution in [1.82, 2.24) is 5.32 Å². The van der Waals surface area contributed by atoms with Crippen LogP contribution < -0.4 is 10.6 Å². The minimum atomic E-state index is -4.28. The molecule has 0 amide bonds. The molecule has 0 aromatic heterocycles. The highest BCUT2D eigenvalue weighted by atomic mass is 19.4. The van der Waals surface area contributed by atoms with Gasteiger partial charge in [-0.25, -0.2) is 0 Å². The summed E-state index contributed by atoms with van der Waals surface area (Å²) in [5.41, 5.74) is 0.234. The van der Waals surface area contributed by atoms with Crippen LogP contribution >= 0.6 is 0 Å². The Morgan fingerprint density at radius 3 is 2.71 bits per heavy atom. The summed E-state index contributed by atoms with van der Waals surface area (Å²) in [6, 6.07) is 4.61. The van der Waals surface area contributed by atoms with Crippen LogP contribution in [-0.4, -0.2) is 19.1 Å². The zero-order valence-corrected chi connectivity index (χ0v) is 9.56. The van der Waals surface area contributed by atoms with Gasteiger partial charge in [-0.05, 0) is 37.6 Å². The first-order valence-electron chi connectivity index (χ1n) is 5.62. The fourth-order valence-corrected chi connectivity index (χ4v) is 2.03. The normalized spacial score (nSPS) is 20.6. The molecule has 0 aliphatic carbocycles.